The van der Waals surface area contributed by atoms with Crippen LogP contribution in [0.15, 0.2) is 12.7 Å². The van der Waals surface area contributed by atoms with Crippen LogP contribution in [0.25, 0.3) is 0 Å². The van der Waals surface area contributed by atoms with Gasteiger partial charge in [-0.25, -0.2) is 4.72 Å². The Hall–Kier alpha value is -2.15. The number of fused-ring (bicyclic) bond motifs is 1. The molecule has 3 aliphatic heterocycles. The number of ether oxygens (including phenoxy) is 1. The Balaban J connectivity index is 1.18. The van der Waals surface area contributed by atoms with Crippen molar-refractivity contribution in [2.75, 3.05) is 32.8 Å². The monoisotopic (exact) mass is 756 g/mol. The van der Waals surface area contributed by atoms with Crippen LogP contribution in [0.1, 0.15) is 130 Å². The van der Waals surface area contributed by atoms with Crippen LogP contribution >= 0.6 is 0 Å². The molecule has 4 aliphatic carbocycles. The first-order valence-electron chi connectivity index (χ1n) is 20.6. The first kappa shape index (κ1) is 39.1. The average molecular weight is 757 g/mol. The number of nitrogens with one attached hydrogen (secondary N) is 1. The Morgan fingerprint density at radius 1 is 0.868 bits per heavy atom. The van der Waals surface area contributed by atoms with E-state index in [1.807, 2.05) is 4.90 Å². The summed E-state index contributed by atoms with van der Waals surface area (Å²) in [4.78, 5) is 60.1. The van der Waals surface area contributed by atoms with Crippen molar-refractivity contribution < 1.29 is 32.3 Å². The molecule has 7 fully saturated rings. The Bertz CT molecular complexity index is 1620. The number of carbonyl (C=O) groups is 4. The quantitative estimate of drug-likeness (QED) is 0.247. The summed E-state index contributed by atoms with van der Waals surface area (Å²) >= 11 is 0. The van der Waals surface area contributed by atoms with E-state index in [0.29, 0.717) is 58.5 Å². The van der Waals surface area contributed by atoms with Crippen molar-refractivity contribution in [2.45, 2.75) is 143 Å². The molecule has 11 nitrogen and oxygen atoms in total. The molecule has 3 N–H and O–H groups in total. The highest BCUT2D eigenvalue weighted by molar-refractivity contribution is 7.87. The number of nitrogens with two attached hydrogens (primary N) is 1. The van der Waals surface area contributed by atoms with E-state index in [1.54, 1.807) is 6.08 Å². The third-order valence-corrected chi connectivity index (χ3v) is 18.2. The van der Waals surface area contributed by atoms with Gasteiger partial charge < -0.3 is 15.4 Å². The molecule has 0 aromatic heterocycles. The number of rotatable bonds is 13. The van der Waals surface area contributed by atoms with E-state index in [0.717, 1.165) is 64.2 Å². The number of ketones is 2. The van der Waals surface area contributed by atoms with Crippen LogP contribution in [0.3, 0.4) is 0 Å². The predicted molar refractivity (Wildman–Crippen MR) is 201 cm³/mol. The van der Waals surface area contributed by atoms with Gasteiger partial charge in [-0.15, -0.1) is 6.58 Å². The average Bonchev–Trinajstić information content (AvgIpc) is 3.56. The lowest BCUT2D eigenvalue weighted by atomic mass is 9.65. The second-order valence-corrected chi connectivity index (χ2v) is 21.1. The maximum Gasteiger partial charge on any atom is 0.303 e. The Morgan fingerprint density at radius 2 is 1.51 bits per heavy atom. The van der Waals surface area contributed by atoms with Crippen molar-refractivity contribution in [1.82, 2.24) is 13.9 Å². The second-order valence-electron chi connectivity index (χ2n) is 19.4. The van der Waals surface area contributed by atoms with Gasteiger partial charge in [0.1, 0.15) is 0 Å². The van der Waals surface area contributed by atoms with Gasteiger partial charge in [-0.2, -0.15) is 12.7 Å². The minimum absolute atomic E-state index is 0.0320. The second kappa shape index (κ2) is 13.5. The molecule has 0 aromatic carbocycles. The Morgan fingerprint density at radius 3 is 2.06 bits per heavy atom. The minimum atomic E-state index is -4.04. The lowest BCUT2D eigenvalue weighted by Gasteiger charge is -2.43. The number of amides is 2. The largest absolute Gasteiger partial charge is 0.381 e. The van der Waals surface area contributed by atoms with E-state index in [2.05, 4.69) is 39.0 Å². The third-order valence-electron chi connectivity index (χ3n) is 16.7. The van der Waals surface area contributed by atoms with Gasteiger partial charge in [-0.3, -0.25) is 19.2 Å². The molecular weight excluding hydrogens is 693 g/mol. The molecule has 7 rings (SSSR count). The molecule has 2 spiro atoms. The molecule has 4 saturated carbocycles. The van der Waals surface area contributed by atoms with Crippen LogP contribution in [0.4, 0.5) is 0 Å². The highest BCUT2D eigenvalue weighted by Gasteiger charge is 2.85. The molecule has 0 bridgehead atoms. The molecule has 0 radical (unpaired) electrons. The molecular formula is C41H64N4O7S. The summed E-state index contributed by atoms with van der Waals surface area (Å²) < 4.78 is 35.7. The zero-order chi connectivity index (χ0) is 38.2. The fourth-order valence-corrected chi connectivity index (χ4v) is 13.7. The minimum Gasteiger partial charge on any atom is -0.381 e. The van der Waals surface area contributed by atoms with Crippen molar-refractivity contribution in [2.24, 2.45) is 50.1 Å². The number of carbonyl (C=O) groups excluding carboxylic acids is 4. The molecule has 7 aliphatic rings. The summed E-state index contributed by atoms with van der Waals surface area (Å²) in [6, 6.07) is -1.43. The van der Waals surface area contributed by atoms with E-state index in [4.69, 9.17) is 10.5 Å². The van der Waals surface area contributed by atoms with Gasteiger partial charge in [0.2, 0.25) is 11.8 Å². The first-order chi connectivity index (χ1) is 24.9. The maximum atomic E-state index is 15.4. The van der Waals surface area contributed by atoms with Gasteiger partial charge in [0.15, 0.2) is 11.6 Å². The fraction of sp³-hybridized carbons (Fsp3) is 0.854. The van der Waals surface area contributed by atoms with E-state index in [-0.39, 0.29) is 57.9 Å². The molecule has 0 aromatic rings. The predicted octanol–water partition coefficient (Wildman–Crippen LogP) is 5.08. The highest BCUT2D eigenvalue weighted by Crippen LogP contribution is 2.88. The van der Waals surface area contributed by atoms with E-state index >= 15 is 4.79 Å². The topological polar surface area (TPSA) is 156 Å². The SMILES string of the molecule is C=C[C@@H]1C[C@]1(CC(=O)[C@@H]1C[C@@]2(CN1C(=O)[C@@H](CC(=O)[C@@H](N)C1(C)CCCCC1)C1(C)CCOCC1)C(C)(C)C21CCC1)C(=O)NS(=O)(=O)N1CCCC1. The number of allylic oxidation sites excluding steroid dienone is 1. The molecule has 6 atom stereocenters. The third kappa shape index (κ3) is 6.09. The van der Waals surface area contributed by atoms with E-state index in [1.165, 1.54) is 4.31 Å². The van der Waals surface area contributed by atoms with Crippen LogP contribution < -0.4 is 10.5 Å². The smallest absolute Gasteiger partial charge is 0.303 e. The van der Waals surface area contributed by atoms with Crippen LogP contribution in [0.2, 0.25) is 0 Å². The standard InChI is InChI=1S/C41H64N4O7S/c1-6-28-24-39(28,35(49)43-53(50,51)44-19-10-11-20-44)26-32(47)30-25-41(36(2,3)40(41)15-12-16-40)27-45(30)34(48)29(37(4)17-21-52-22-18-37)23-31(46)33(42)38(5)13-8-7-9-14-38/h6,28-30,33H,1,7-27,42H2,2-5H3,(H,43,49)/t28-,29-,30+,33-,39-,41-/m1/s1. The van der Waals surface area contributed by atoms with Crippen molar-refractivity contribution >= 4 is 33.6 Å². The molecule has 53 heavy (non-hydrogen) atoms. The number of hydrogen-bond donors (Lipinski definition) is 2. The van der Waals surface area contributed by atoms with Crippen LogP contribution in [-0.2, 0) is 34.1 Å². The maximum absolute atomic E-state index is 15.4. The summed E-state index contributed by atoms with van der Waals surface area (Å²) in [5, 5.41) is 0. The fourth-order valence-electron chi connectivity index (χ4n) is 12.4. The van der Waals surface area contributed by atoms with Crippen molar-refractivity contribution in [3.05, 3.63) is 12.7 Å². The molecule has 2 amide bonds. The Labute approximate surface area is 317 Å². The molecule has 0 unspecified atom stereocenters. The van der Waals surface area contributed by atoms with Gasteiger partial charge in [-0.05, 0) is 91.8 Å². The zero-order valence-electron chi connectivity index (χ0n) is 32.7. The van der Waals surface area contributed by atoms with Gasteiger partial charge in [-0.1, -0.05) is 59.5 Å². The van der Waals surface area contributed by atoms with Gasteiger partial charge in [0.25, 0.3) is 0 Å². The number of likely N-dealkylation sites (tertiary alicyclic amines) is 1. The van der Waals surface area contributed by atoms with E-state index < -0.39 is 44.9 Å². The van der Waals surface area contributed by atoms with Gasteiger partial charge in [0, 0.05) is 51.1 Å². The van der Waals surface area contributed by atoms with Gasteiger partial charge >= 0.3 is 10.2 Å². The summed E-state index contributed by atoms with van der Waals surface area (Å²) in [6.45, 7) is 14.8. The summed E-state index contributed by atoms with van der Waals surface area (Å²) in [7, 11) is -4.04. The zero-order valence-corrected chi connectivity index (χ0v) is 33.5. The number of hydrogen-bond acceptors (Lipinski definition) is 8. The lowest BCUT2D eigenvalue weighted by Crippen LogP contribution is -2.53. The summed E-state index contributed by atoms with van der Waals surface area (Å²) in [5.41, 5.74) is 4.51. The molecule has 3 heterocycles. The molecule has 12 heteroatoms. The number of nitrogens with zero attached hydrogens (tertiary/aromatic N) is 2. The summed E-state index contributed by atoms with van der Waals surface area (Å²) in [5.74, 6) is -2.13. The molecule has 3 saturated heterocycles. The number of Topliss-reactive ketones (excluding diaryl/α,β-unsaturated/α-hetero) is 2. The normalized spacial score (nSPS) is 34.9. The highest BCUT2D eigenvalue weighted by atomic mass is 32.2. The molecule has 296 valence electrons. The van der Waals surface area contributed by atoms with Crippen LogP contribution in [-0.4, -0.2) is 85.9 Å². The first-order valence-corrected chi connectivity index (χ1v) is 22.0. The van der Waals surface area contributed by atoms with E-state index in [9.17, 15) is 22.8 Å². The van der Waals surface area contributed by atoms with Crippen molar-refractivity contribution in [1.29, 1.82) is 0 Å². The van der Waals surface area contributed by atoms with Crippen molar-refractivity contribution in [3.8, 4) is 0 Å². The summed E-state index contributed by atoms with van der Waals surface area (Å²) in [6.07, 6.45) is 13.4. The lowest BCUT2D eigenvalue weighted by molar-refractivity contribution is -0.150. The van der Waals surface area contributed by atoms with Crippen LogP contribution in [0, 0.1) is 44.3 Å². The Kier molecular flexibility index (Phi) is 9.96. The van der Waals surface area contributed by atoms with Crippen molar-refractivity contribution in [3.63, 3.8) is 0 Å². The van der Waals surface area contributed by atoms with Crippen LogP contribution in [0.5, 0.6) is 0 Å². The van der Waals surface area contributed by atoms with Gasteiger partial charge in [0.05, 0.1) is 23.4 Å².